The minimum absolute atomic E-state index is 0.0133. The molecule has 2 aromatic rings. The van der Waals surface area contributed by atoms with Crippen LogP contribution in [0.4, 0.5) is 37.7 Å². The Bertz CT molecular complexity index is 753. The first kappa shape index (κ1) is 19.6. The normalized spacial score (nSPS) is 11.9. The Morgan fingerprint density at radius 2 is 1.42 bits per heavy atom. The number of hydrogen-bond acceptors (Lipinski definition) is 2. The van der Waals surface area contributed by atoms with Crippen molar-refractivity contribution in [1.29, 1.82) is 0 Å². The highest BCUT2D eigenvalue weighted by atomic mass is 19.4. The summed E-state index contributed by atoms with van der Waals surface area (Å²) in [6.45, 7) is 0.107. The van der Waals surface area contributed by atoms with Crippen LogP contribution >= 0.6 is 0 Å². The van der Waals surface area contributed by atoms with Gasteiger partial charge in [-0.1, -0.05) is 6.07 Å². The van der Waals surface area contributed by atoms with Gasteiger partial charge in [0.2, 0.25) is 5.91 Å². The van der Waals surface area contributed by atoms with Gasteiger partial charge < -0.3 is 10.6 Å². The first-order valence-corrected chi connectivity index (χ1v) is 7.44. The van der Waals surface area contributed by atoms with Crippen LogP contribution in [0.3, 0.4) is 0 Å². The van der Waals surface area contributed by atoms with Crippen LogP contribution in [0.2, 0.25) is 0 Å². The molecular formula is C17H14F6N2O. The summed E-state index contributed by atoms with van der Waals surface area (Å²) in [6, 6.07) is 8.50. The maximum atomic E-state index is 12.6. The second kappa shape index (κ2) is 7.67. The van der Waals surface area contributed by atoms with E-state index in [4.69, 9.17) is 0 Å². The average Bonchev–Trinajstić information content (AvgIpc) is 2.54. The SMILES string of the molecule is O=C(CCNc1ccc(C(F)(F)F)cc1)Nc1cccc(C(F)(F)F)c1. The summed E-state index contributed by atoms with van der Waals surface area (Å²) in [4.78, 5) is 11.8. The molecule has 0 aliphatic heterocycles. The number of anilines is 2. The molecule has 1 amide bonds. The minimum atomic E-state index is -4.51. The maximum absolute atomic E-state index is 12.6. The smallest absolute Gasteiger partial charge is 0.385 e. The van der Waals surface area contributed by atoms with Gasteiger partial charge in [-0.25, -0.2) is 0 Å². The predicted molar refractivity (Wildman–Crippen MR) is 84.6 cm³/mol. The van der Waals surface area contributed by atoms with Gasteiger partial charge in [0.25, 0.3) is 0 Å². The fraction of sp³-hybridized carbons (Fsp3) is 0.235. The molecule has 0 aliphatic carbocycles. The third-order valence-electron chi connectivity index (χ3n) is 3.37. The molecule has 0 spiro atoms. The number of hydrogen-bond donors (Lipinski definition) is 2. The molecule has 9 heteroatoms. The van der Waals surface area contributed by atoms with E-state index in [1.54, 1.807) is 0 Å². The van der Waals surface area contributed by atoms with E-state index in [1.807, 2.05) is 0 Å². The molecule has 0 atom stereocenters. The molecular weight excluding hydrogens is 362 g/mol. The summed E-state index contributed by atoms with van der Waals surface area (Å²) in [5, 5.41) is 5.11. The van der Waals surface area contributed by atoms with Crippen molar-refractivity contribution in [2.75, 3.05) is 17.2 Å². The van der Waals surface area contributed by atoms with E-state index < -0.39 is 29.4 Å². The van der Waals surface area contributed by atoms with Crippen molar-refractivity contribution in [1.82, 2.24) is 0 Å². The van der Waals surface area contributed by atoms with Crippen molar-refractivity contribution in [2.24, 2.45) is 0 Å². The fourth-order valence-electron chi connectivity index (χ4n) is 2.09. The average molecular weight is 376 g/mol. The Hall–Kier alpha value is -2.71. The van der Waals surface area contributed by atoms with Gasteiger partial charge in [0.05, 0.1) is 11.1 Å². The summed E-state index contributed by atoms with van der Waals surface area (Å²) in [5.74, 6) is -0.524. The second-order valence-electron chi connectivity index (χ2n) is 5.38. The number of benzene rings is 2. The molecule has 140 valence electrons. The minimum Gasteiger partial charge on any atom is -0.385 e. The van der Waals surface area contributed by atoms with Crippen LogP contribution in [0.5, 0.6) is 0 Å². The Labute approximate surface area is 145 Å². The molecule has 2 N–H and O–H groups in total. The van der Waals surface area contributed by atoms with Gasteiger partial charge in [0.15, 0.2) is 0 Å². The van der Waals surface area contributed by atoms with Gasteiger partial charge in [0.1, 0.15) is 0 Å². The van der Waals surface area contributed by atoms with Gasteiger partial charge in [-0.05, 0) is 42.5 Å². The Morgan fingerprint density at radius 3 is 2.00 bits per heavy atom. The number of carbonyl (C=O) groups is 1. The van der Waals surface area contributed by atoms with Crippen LogP contribution in [0.25, 0.3) is 0 Å². The fourth-order valence-corrected chi connectivity index (χ4v) is 2.09. The van der Waals surface area contributed by atoms with Crippen molar-refractivity contribution in [3.05, 3.63) is 59.7 Å². The van der Waals surface area contributed by atoms with Crippen molar-refractivity contribution >= 4 is 17.3 Å². The van der Waals surface area contributed by atoms with E-state index in [0.29, 0.717) is 5.69 Å². The Balaban J connectivity index is 1.84. The maximum Gasteiger partial charge on any atom is 0.416 e. The van der Waals surface area contributed by atoms with Crippen molar-refractivity contribution in [3.8, 4) is 0 Å². The zero-order chi connectivity index (χ0) is 19.4. The lowest BCUT2D eigenvalue weighted by molar-refractivity contribution is -0.138. The zero-order valence-corrected chi connectivity index (χ0v) is 13.2. The van der Waals surface area contributed by atoms with E-state index in [1.165, 1.54) is 24.3 Å². The van der Waals surface area contributed by atoms with Crippen LogP contribution in [0, 0.1) is 0 Å². The lowest BCUT2D eigenvalue weighted by Gasteiger charge is -2.11. The Morgan fingerprint density at radius 1 is 0.808 bits per heavy atom. The summed E-state index contributed by atoms with van der Waals surface area (Å²) in [6.07, 6.45) is -9.01. The molecule has 2 aromatic carbocycles. The topological polar surface area (TPSA) is 41.1 Å². The van der Waals surface area contributed by atoms with E-state index in [-0.39, 0.29) is 18.7 Å². The molecule has 2 rings (SSSR count). The van der Waals surface area contributed by atoms with Gasteiger partial charge in [-0.3, -0.25) is 4.79 Å². The van der Waals surface area contributed by atoms with Crippen LogP contribution in [-0.2, 0) is 17.1 Å². The first-order valence-electron chi connectivity index (χ1n) is 7.44. The molecule has 0 aromatic heterocycles. The summed E-state index contributed by atoms with van der Waals surface area (Å²) < 4.78 is 75.1. The number of halogens is 6. The third-order valence-corrected chi connectivity index (χ3v) is 3.37. The van der Waals surface area contributed by atoms with Crippen LogP contribution in [0.1, 0.15) is 17.5 Å². The van der Waals surface area contributed by atoms with E-state index in [9.17, 15) is 31.1 Å². The zero-order valence-electron chi connectivity index (χ0n) is 13.2. The highest BCUT2D eigenvalue weighted by Gasteiger charge is 2.31. The first-order chi connectivity index (χ1) is 12.1. The third kappa shape index (κ3) is 5.68. The summed E-state index contributed by atoms with van der Waals surface area (Å²) in [7, 11) is 0. The quantitative estimate of drug-likeness (QED) is 0.708. The van der Waals surface area contributed by atoms with Gasteiger partial charge >= 0.3 is 12.4 Å². The molecule has 0 fully saturated rings. The molecule has 0 heterocycles. The molecule has 0 aliphatic rings. The number of carbonyl (C=O) groups excluding carboxylic acids is 1. The van der Waals surface area contributed by atoms with Gasteiger partial charge in [0, 0.05) is 24.3 Å². The molecule has 0 radical (unpaired) electrons. The van der Waals surface area contributed by atoms with Crippen molar-refractivity contribution in [3.63, 3.8) is 0 Å². The summed E-state index contributed by atoms with van der Waals surface area (Å²) >= 11 is 0. The van der Waals surface area contributed by atoms with E-state index in [0.717, 1.165) is 24.3 Å². The molecule has 26 heavy (non-hydrogen) atoms. The second-order valence-corrected chi connectivity index (χ2v) is 5.38. The molecule has 0 saturated carbocycles. The molecule has 0 unspecified atom stereocenters. The Kier molecular flexibility index (Phi) is 5.79. The van der Waals surface area contributed by atoms with Crippen molar-refractivity contribution < 1.29 is 31.1 Å². The molecule has 0 bridgehead atoms. The number of amides is 1. The van der Waals surface area contributed by atoms with Crippen LogP contribution in [-0.4, -0.2) is 12.5 Å². The van der Waals surface area contributed by atoms with E-state index >= 15 is 0 Å². The van der Waals surface area contributed by atoms with E-state index in [2.05, 4.69) is 10.6 Å². The lowest BCUT2D eigenvalue weighted by Crippen LogP contribution is -2.17. The number of nitrogens with one attached hydrogen (secondary N) is 2. The molecule has 0 saturated heterocycles. The molecule has 3 nitrogen and oxygen atoms in total. The predicted octanol–water partition coefficient (Wildman–Crippen LogP) is 5.16. The standard InChI is InChI=1S/C17H14F6N2O/c18-16(19,20)11-4-6-13(7-5-11)24-9-8-15(26)25-14-3-1-2-12(10-14)17(21,22)23/h1-7,10,24H,8-9H2,(H,25,26). The monoisotopic (exact) mass is 376 g/mol. The lowest BCUT2D eigenvalue weighted by atomic mass is 10.2. The van der Waals surface area contributed by atoms with Gasteiger partial charge in [-0.15, -0.1) is 0 Å². The van der Waals surface area contributed by atoms with Gasteiger partial charge in [-0.2, -0.15) is 26.3 Å². The van der Waals surface area contributed by atoms with Crippen LogP contribution in [0.15, 0.2) is 48.5 Å². The summed E-state index contributed by atoms with van der Waals surface area (Å²) in [5.41, 5.74) is -1.26. The highest BCUT2D eigenvalue weighted by molar-refractivity contribution is 5.91. The largest absolute Gasteiger partial charge is 0.416 e. The van der Waals surface area contributed by atoms with Crippen LogP contribution < -0.4 is 10.6 Å². The van der Waals surface area contributed by atoms with Crippen molar-refractivity contribution in [2.45, 2.75) is 18.8 Å². The number of rotatable bonds is 5. The number of alkyl halides is 6. The highest BCUT2D eigenvalue weighted by Crippen LogP contribution is 2.31.